The molecule has 0 aliphatic heterocycles. The number of ether oxygens (including phenoxy) is 1. The molecule has 0 saturated heterocycles. The van der Waals surface area contributed by atoms with Crippen LogP contribution in [0, 0.1) is 5.82 Å². The fraction of sp³-hybridized carbons (Fsp3) is 0.278. The molecule has 0 fully saturated rings. The molecule has 0 spiro atoms. The molecule has 0 bridgehead atoms. The van der Waals surface area contributed by atoms with Crippen LogP contribution in [0.1, 0.15) is 30.5 Å². The quantitative estimate of drug-likeness (QED) is 0.858. The fourth-order valence-electron chi connectivity index (χ4n) is 2.23. The van der Waals surface area contributed by atoms with Crippen LogP contribution in [0.5, 0.6) is 5.75 Å². The Bertz CT molecular complexity index is 690. The van der Waals surface area contributed by atoms with Gasteiger partial charge in [-0.3, -0.25) is 4.79 Å². The lowest BCUT2D eigenvalue weighted by atomic mass is 9.95. The topological polar surface area (TPSA) is 66.8 Å². The van der Waals surface area contributed by atoms with Crippen LogP contribution in [0.2, 0.25) is 0 Å². The van der Waals surface area contributed by atoms with Gasteiger partial charge in [0, 0.05) is 11.1 Å². The van der Waals surface area contributed by atoms with E-state index in [1.165, 1.54) is 19.9 Å². The Morgan fingerprint density at radius 2 is 1.87 bits per heavy atom. The Morgan fingerprint density at radius 3 is 2.43 bits per heavy atom. The molecule has 2 rings (SSSR count). The molecule has 0 heterocycles. The van der Waals surface area contributed by atoms with Crippen LogP contribution >= 0.6 is 0 Å². The number of benzene rings is 2. The van der Waals surface area contributed by atoms with Crippen molar-refractivity contribution in [1.29, 1.82) is 0 Å². The largest absolute Gasteiger partial charge is 0.488 e. The number of halogens is 1. The molecule has 2 aromatic carbocycles. The Kier molecular flexibility index (Phi) is 5.01. The summed E-state index contributed by atoms with van der Waals surface area (Å²) >= 11 is 0. The van der Waals surface area contributed by atoms with Crippen molar-refractivity contribution in [2.24, 2.45) is 0 Å². The molecule has 0 aliphatic rings. The molecular weight excluding hydrogens is 299 g/mol. The van der Waals surface area contributed by atoms with Crippen molar-refractivity contribution >= 4 is 5.97 Å². The number of carboxylic acids is 1. The van der Waals surface area contributed by atoms with Crippen molar-refractivity contribution in [2.75, 3.05) is 0 Å². The van der Waals surface area contributed by atoms with E-state index in [0.29, 0.717) is 0 Å². The standard InChI is InChI=1S/C18H19FO4/c1-18(2,22)14-10-15(19)13(9-17(20)21)8-16(14)23-11-12-6-4-3-5-7-12/h3-8,10,22H,9,11H2,1-2H3,(H,20,21). The molecule has 5 heteroatoms. The number of aliphatic carboxylic acids is 1. The van der Waals surface area contributed by atoms with Crippen LogP contribution < -0.4 is 4.74 Å². The average molecular weight is 318 g/mol. The summed E-state index contributed by atoms with van der Waals surface area (Å²) in [5.74, 6) is -1.52. The summed E-state index contributed by atoms with van der Waals surface area (Å²) in [5.41, 5.74) is -0.0961. The van der Waals surface area contributed by atoms with Crippen molar-refractivity contribution in [3.63, 3.8) is 0 Å². The van der Waals surface area contributed by atoms with Crippen LogP contribution in [0.4, 0.5) is 4.39 Å². The molecule has 0 unspecified atom stereocenters. The molecule has 0 radical (unpaired) electrons. The van der Waals surface area contributed by atoms with Gasteiger partial charge in [-0.25, -0.2) is 4.39 Å². The third-order valence-electron chi connectivity index (χ3n) is 3.39. The van der Waals surface area contributed by atoms with Crippen LogP contribution in [0.15, 0.2) is 42.5 Å². The molecule has 0 atom stereocenters. The first-order valence-electron chi connectivity index (χ1n) is 7.21. The Morgan fingerprint density at radius 1 is 1.22 bits per heavy atom. The summed E-state index contributed by atoms with van der Waals surface area (Å²) in [6.45, 7) is 3.28. The van der Waals surface area contributed by atoms with E-state index in [-0.39, 0.29) is 23.5 Å². The van der Waals surface area contributed by atoms with Crippen LogP contribution in [-0.2, 0) is 23.4 Å². The molecule has 122 valence electrons. The first kappa shape index (κ1) is 17.0. The van der Waals surface area contributed by atoms with E-state index < -0.39 is 23.8 Å². The number of carbonyl (C=O) groups is 1. The van der Waals surface area contributed by atoms with Gasteiger partial charge in [-0.2, -0.15) is 0 Å². The SMILES string of the molecule is CC(C)(O)c1cc(F)c(CC(=O)O)cc1OCc1ccccc1. The van der Waals surface area contributed by atoms with Crippen molar-refractivity contribution in [3.05, 3.63) is 65.0 Å². The second kappa shape index (κ2) is 6.79. The van der Waals surface area contributed by atoms with E-state index in [1.807, 2.05) is 30.3 Å². The lowest BCUT2D eigenvalue weighted by molar-refractivity contribution is -0.136. The third-order valence-corrected chi connectivity index (χ3v) is 3.39. The fourth-order valence-corrected chi connectivity index (χ4v) is 2.23. The predicted molar refractivity (Wildman–Crippen MR) is 83.8 cm³/mol. The minimum absolute atomic E-state index is 0.0218. The second-order valence-corrected chi connectivity index (χ2v) is 5.84. The molecule has 0 amide bonds. The maximum absolute atomic E-state index is 14.1. The van der Waals surface area contributed by atoms with E-state index >= 15 is 0 Å². The van der Waals surface area contributed by atoms with Crippen LogP contribution in [-0.4, -0.2) is 16.2 Å². The van der Waals surface area contributed by atoms with E-state index in [1.54, 1.807) is 0 Å². The monoisotopic (exact) mass is 318 g/mol. The zero-order chi connectivity index (χ0) is 17.0. The van der Waals surface area contributed by atoms with Gasteiger partial charge in [0.1, 0.15) is 18.2 Å². The number of aliphatic hydroxyl groups is 1. The predicted octanol–water partition coefficient (Wildman–Crippen LogP) is 3.26. The summed E-state index contributed by atoms with van der Waals surface area (Å²) in [5, 5.41) is 19.1. The highest BCUT2D eigenvalue weighted by molar-refractivity contribution is 5.70. The lowest BCUT2D eigenvalue weighted by Crippen LogP contribution is -2.18. The van der Waals surface area contributed by atoms with Crippen molar-refractivity contribution in [2.45, 2.75) is 32.5 Å². The Labute approximate surface area is 134 Å². The molecule has 2 N–H and O–H groups in total. The van der Waals surface area contributed by atoms with Crippen LogP contribution in [0.25, 0.3) is 0 Å². The smallest absolute Gasteiger partial charge is 0.307 e. The number of carboxylic acid groups (broad SMARTS) is 1. The van der Waals surface area contributed by atoms with Gasteiger partial charge in [-0.1, -0.05) is 30.3 Å². The molecule has 4 nitrogen and oxygen atoms in total. The number of hydrogen-bond donors (Lipinski definition) is 2. The number of rotatable bonds is 6. The van der Waals surface area contributed by atoms with Gasteiger partial charge in [0.05, 0.1) is 12.0 Å². The Balaban J connectivity index is 2.35. The van der Waals surface area contributed by atoms with Gasteiger partial charge >= 0.3 is 5.97 Å². The molecule has 0 saturated carbocycles. The summed E-state index contributed by atoms with van der Waals surface area (Å²) in [6, 6.07) is 11.9. The van der Waals surface area contributed by atoms with E-state index in [9.17, 15) is 14.3 Å². The Hall–Kier alpha value is -2.40. The van der Waals surface area contributed by atoms with Gasteiger partial charge in [0.15, 0.2) is 0 Å². The van der Waals surface area contributed by atoms with Gasteiger partial charge in [0.2, 0.25) is 0 Å². The minimum atomic E-state index is -1.31. The lowest BCUT2D eigenvalue weighted by Gasteiger charge is -2.23. The summed E-state index contributed by atoms with van der Waals surface area (Å²) in [6.07, 6.45) is -0.445. The van der Waals surface area contributed by atoms with Gasteiger partial charge in [-0.05, 0) is 31.5 Å². The molecule has 0 aliphatic carbocycles. The zero-order valence-corrected chi connectivity index (χ0v) is 13.0. The third kappa shape index (κ3) is 4.53. The highest BCUT2D eigenvalue weighted by Crippen LogP contribution is 2.33. The highest BCUT2D eigenvalue weighted by atomic mass is 19.1. The van der Waals surface area contributed by atoms with Crippen molar-refractivity contribution < 1.29 is 24.1 Å². The summed E-state index contributed by atoms with van der Waals surface area (Å²) in [4.78, 5) is 10.8. The van der Waals surface area contributed by atoms with Gasteiger partial charge in [-0.15, -0.1) is 0 Å². The van der Waals surface area contributed by atoms with Crippen LogP contribution in [0.3, 0.4) is 0 Å². The number of hydrogen-bond acceptors (Lipinski definition) is 3. The molecule has 23 heavy (non-hydrogen) atoms. The normalized spacial score (nSPS) is 11.3. The summed E-state index contributed by atoms with van der Waals surface area (Å²) in [7, 11) is 0. The first-order chi connectivity index (χ1) is 10.8. The van der Waals surface area contributed by atoms with Crippen molar-refractivity contribution in [1.82, 2.24) is 0 Å². The molecule has 2 aromatic rings. The zero-order valence-electron chi connectivity index (χ0n) is 13.0. The molecule has 0 aromatic heterocycles. The van der Waals surface area contributed by atoms with Gasteiger partial charge < -0.3 is 14.9 Å². The van der Waals surface area contributed by atoms with E-state index in [2.05, 4.69) is 0 Å². The van der Waals surface area contributed by atoms with E-state index in [4.69, 9.17) is 9.84 Å². The highest BCUT2D eigenvalue weighted by Gasteiger charge is 2.24. The first-order valence-corrected chi connectivity index (χ1v) is 7.21. The summed E-state index contributed by atoms with van der Waals surface area (Å²) < 4.78 is 19.8. The van der Waals surface area contributed by atoms with Crippen molar-refractivity contribution in [3.8, 4) is 5.75 Å². The maximum atomic E-state index is 14.1. The average Bonchev–Trinajstić information content (AvgIpc) is 2.47. The van der Waals surface area contributed by atoms with E-state index in [0.717, 1.165) is 11.6 Å². The molecular formula is C18H19FO4. The maximum Gasteiger partial charge on any atom is 0.307 e. The minimum Gasteiger partial charge on any atom is -0.488 e. The second-order valence-electron chi connectivity index (χ2n) is 5.84. The van der Waals surface area contributed by atoms with Gasteiger partial charge in [0.25, 0.3) is 0 Å².